The number of nitrogens with zero attached hydrogens (tertiary/aromatic N) is 1. The van der Waals surface area contributed by atoms with E-state index in [9.17, 15) is 9.90 Å². The summed E-state index contributed by atoms with van der Waals surface area (Å²) in [6.45, 7) is 1.82. The topological polar surface area (TPSA) is 73.8 Å². The number of fused-ring (bicyclic) bond motifs is 3. The predicted molar refractivity (Wildman–Crippen MR) is 101 cm³/mol. The van der Waals surface area contributed by atoms with E-state index in [0.717, 1.165) is 40.1 Å². The molecule has 0 aliphatic carbocycles. The van der Waals surface area contributed by atoms with Crippen molar-refractivity contribution in [2.45, 2.75) is 19.1 Å². The van der Waals surface area contributed by atoms with Crippen molar-refractivity contribution in [2.75, 3.05) is 26.0 Å². The SMILES string of the molecule is COc1cc(Br)cc([C@H]2NC(=O)c3c(sc4c3CCN(C)C4)N2)c1O. The number of benzene rings is 1. The molecule has 0 saturated carbocycles. The van der Waals surface area contributed by atoms with Crippen LogP contribution in [0.5, 0.6) is 11.5 Å². The Hall–Kier alpha value is -1.77. The van der Waals surface area contributed by atoms with Gasteiger partial charge in [0.25, 0.3) is 5.91 Å². The third kappa shape index (κ3) is 2.78. The van der Waals surface area contributed by atoms with Crippen LogP contribution in [0.2, 0.25) is 0 Å². The molecule has 2 aromatic rings. The van der Waals surface area contributed by atoms with E-state index in [4.69, 9.17) is 4.74 Å². The fraction of sp³-hybridized carbons (Fsp3) is 0.353. The first-order valence-corrected chi connectivity index (χ1v) is 9.55. The Morgan fingerprint density at radius 1 is 1.40 bits per heavy atom. The average molecular weight is 424 g/mol. The van der Waals surface area contributed by atoms with E-state index in [1.165, 1.54) is 12.0 Å². The smallest absolute Gasteiger partial charge is 0.256 e. The molecule has 1 aromatic carbocycles. The first-order chi connectivity index (χ1) is 12.0. The summed E-state index contributed by atoms with van der Waals surface area (Å²) in [6, 6.07) is 3.47. The van der Waals surface area contributed by atoms with Crippen LogP contribution in [-0.2, 0) is 13.0 Å². The molecule has 4 rings (SSSR count). The highest BCUT2D eigenvalue weighted by atomic mass is 79.9. The fourth-order valence-electron chi connectivity index (χ4n) is 3.37. The van der Waals surface area contributed by atoms with Crippen LogP contribution >= 0.6 is 27.3 Å². The van der Waals surface area contributed by atoms with E-state index in [1.54, 1.807) is 23.5 Å². The molecule has 132 valence electrons. The summed E-state index contributed by atoms with van der Waals surface area (Å²) in [4.78, 5) is 16.2. The number of hydrogen-bond acceptors (Lipinski definition) is 6. The van der Waals surface area contributed by atoms with E-state index < -0.39 is 6.17 Å². The van der Waals surface area contributed by atoms with Crippen molar-refractivity contribution in [1.29, 1.82) is 0 Å². The Balaban J connectivity index is 1.73. The molecule has 1 atom stereocenters. The standard InChI is InChI=1S/C17H18BrN3O3S/c1-21-4-3-9-12(7-21)25-17-13(9)16(23)19-15(20-17)10-5-8(18)6-11(24-2)14(10)22/h5-6,15,20,22H,3-4,7H2,1-2H3,(H,19,23)/t15-/m0/s1. The third-order valence-electron chi connectivity index (χ3n) is 4.63. The number of amides is 1. The number of phenolic OH excluding ortho intramolecular Hbond substituents is 1. The lowest BCUT2D eigenvalue weighted by atomic mass is 10.0. The number of carbonyl (C=O) groups excluding carboxylic acids is 1. The largest absolute Gasteiger partial charge is 0.504 e. The quantitative estimate of drug-likeness (QED) is 0.691. The number of rotatable bonds is 2. The molecular weight excluding hydrogens is 406 g/mol. The molecule has 8 heteroatoms. The van der Waals surface area contributed by atoms with Crippen LogP contribution in [0.1, 0.15) is 32.5 Å². The van der Waals surface area contributed by atoms with Crippen molar-refractivity contribution in [2.24, 2.45) is 0 Å². The zero-order valence-corrected chi connectivity index (χ0v) is 16.3. The molecule has 6 nitrogen and oxygen atoms in total. The Morgan fingerprint density at radius 3 is 2.96 bits per heavy atom. The lowest BCUT2D eigenvalue weighted by Crippen LogP contribution is -2.38. The van der Waals surface area contributed by atoms with Gasteiger partial charge in [-0.05, 0) is 31.2 Å². The second kappa shape index (κ2) is 6.19. The minimum atomic E-state index is -0.510. The Labute approximate surface area is 157 Å². The summed E-state index contributed by atoms with van der Waals surface area (Å²) in [5.41, 5.74) is 2.47. The minimum Gasteiger partial charge on any atom is -0.504 e. The van der Waals surface area contributed by atoms with Gasteiger partial charge in [-0.1, -0.05) is 15.9 Å². The number of nitrogens with one attached hydrogen (secondary N) is 2. The van der Waals surface area contributed by atoms with E-state index >= 15 is 0 Å². The number of likely N-dealkylation sites (N-methyl/N-ethyl adjacent to an activating group) is 1. The maximum Gasteiger partial charge on any atom is 0.256 e. The average Bonchev–Trinajstić information content (AvgIpc) is 2.94. The summed E-state index contributed by atoms with van der Waals surface area (Å²) in [5, 5.41) is 17.7. The number of carbonyl (C=O) groups is 1. The molecule has 0 unspecified atom stereocenters. The van der Waals surface area contributed by atoms with E-state index in [-0.39, 0.29) is 11.7 Å². The maximum absolute atomic E-state index is 12.8. The fourth-order valence-corrected chi connectivity index (χ4v) is 5.18. The lowest BCUT2D eigenvalue weighted by molar-refractivity contribution is 0.0934. The molecule has 1 amide bonds. The molecule has 1 aromatic heterocycles. The van der Waals surface area contributed by atoms with Crippen LogP contribution in [0.4, 0.5) is 5.00 Å². The van der Waals surface area contributed by atoms with Crippen LogP contribution in [-0.4, -0.2) is 36.6 Å². The summed E-state index contributed by atoms with van der Waals surface area (Å²) in [7, 11) is 3.59. The Bertz CT molecular complexity index is 867. The molecule has 0 bridgehead atoms. The van der Waals surface area contributed by atoms with Crippen LogP contribution in [0.3, 0.4) is 0 Å². The molecule has 2 aliphatic heterocycles. The molecule has 3 N–H and O–H groups in total. The van der Waals surface area contributed by atoms with Crippen molar-refractivity contribution < 1.29 is 14.6 Å². The lowest BCUT2D eigenvalue weighted by Gasteiger charge is -2.28. The van der Waals surface area contributed by atoms with Crippen molar-refractivity contribution in [3.63, 3.8) is 0 Å². The molecule has 3 heterocycles. The van der Waals surface area contributed by atoms with Gasteiger partial charge in [0.15, 0.2) is 11.5 Å². The number of methoxy groups -OCH3 is 1. The number of halogens is 1. The highest BCUT2D eigenvalue weighted by Gasteiger charge is 2.34. The predicted octanol–water partition coefficient (Wildman–Crippen LogP) is 3.07. The second-order valence-corrected chi connectivity index (χ2v) is 8.31. The number of phenols is 1. The monoisotopic (exact) mass is 423 g/mol. The maximum atomic E-state index is 12.8. The van der Waals surface area contributed by atoms with Gasteiger partial charge in [-0.3, -0.25) is 4.79 Å². The number of thiophene rings is 1. The second-order valence-electron chi connectivity index (χ2n) is 6.29. The Morgan fingerprint density at radius 2 is 2.20 bits per heavy atom. The van der Waals surface area contributed by atoms with E-state index in [1.807, 2.05) is 0 Å². The highest BCUT2D eigenvalue weighted by Crippen LogP contribution is 2.43. The molecule has 0 spiro atoms. The zero-order valence-electron chi connectivity index (χ0n) is 13.9. The van der Waals surface area contributed by atoms with Crippen LogP contribution in [0.25, 0.3) is 0 Å². The third-order valence-corrected chi connectivity index (χ3v) is 6.23. The van der Waals surface area contributed by atoms with Crippen molar-refractivity contribution in [3.8, 4) is 11.5 Å². The molecule has 2 aliphatic rings. The number of anilines is 1. The number of hydrogen-bond donors (Lipinski definition) is 3. The Kier molecular flexibility index (Phi) is 4.13. The normalized spacial score (nSPS) is 19.6. The first kappa shape index (κ1) is 16.7. The molecule has 0 fully saturated rings. The van der Waals surface area contributed by atoms with Gasteiger partial charge in [0.1, 0.15) is 11.2 Å². The van der Waals surface area contributed by atoms with E-state index in [2.05, 4.69) is 38.5 Å². The van der Waals surface area contributed by atoms with Gasteiger partial charge in [0, 0.05) is 28.0 Å². The van der Waals surface area contributed by atoms with Crippen LogP contribution in [0.15, 0.2) is 16.6 Å². The van der Waals surface area contributed by atoms with Gasteiger partial charge in [-0.25, -0.2) is 0 Å². The van der Waals surface area contributed by atoms with Gasteiger partial charge in [0.2, 0.25) is 0 Å². The van der Waals surface area contributed by atoms with E-state index in [0.29, 0.717) is 11.3 Å². The summed E-state index contributed by atoms with van der Waals surface area (Å²) in [5.74, 6) is 0.283. The minimum absolute atomic E-state index is 0.0213. The van der Waals surface area contributed by atoms with Gasteiger partial charge in [-0.15, -0.1) is 11.3 Å². The molecular formula is C17H18BrN3O3S. The highest BCUT2D eigenvalue weighted by molar-refractivity contribution is 9.10. The summed E-state index contributed by atoms with van der Waals surface area (Å²) in [6.07, 6.45) is 0.372. The van der Waals surface area contributed by atoms with Crippen LogP contribution in [0, 0.1) is 0 Å². The van der Waals surface area contributed by atoms with Crippen molar-refractivity contribution in [3.05, 3.63) is 38.2 Å². The van der Waals surface area contributed by atoms with Crippen molar-refractivity contribution in [1.82, 2.24) is 10.2 Å². The molecule has 25 heavy (non-hydrogen) atoms. The van der Waals surface area contributed by atoms with Crippen LogP contribution < -0.4 is 15.4 Å². The number of ether oxygens (including phenoxy) is 1. The molecule has 0 saturated heterocycles. The summed E-state index contributed by atoms with van der Waals surface area (Å²) < 4.78 is 5.98. The van der Waals surface area contributed by atoms with Gasteiger partial charge in [-0.2, -0.15) is 0 Å². The van der Waals surface area contributed by atoms with Crippen molar-refractivity contribution >= 4 is 38.2 Å². The number of aromatic hydroxyl groups is 1. The van der Waals surface area contributed by atoms with Gasteiger partial charge < -0.3 is 25.4 Å². The summed E-state index contributed by atoms with van der Waals surface area (Å²) >= 11 is 5.05. The van der Waals surface area contributed by atoms with Gasteiger partial charge >= 0.3 is 0 Å². The van der Waals surface area contributed by atoms with Gasteiger partial charge in [0.05, 0.1) is 12.7 Å². The first-order valence-electron chi connectivity index (χ1n) is 7.94. The zero-order chi connectivity index (χ0) is 17.7. The molecule has 0 radical (unpaired) electrons.